The highest BCUT2D eigenvalue weighted by molar-refractivity contribution is 7.99. The second-order valence-electron chi connectivity index (χ2n) is 10.2. The maximum atomic E-state index is 14.7. The van der Waals surface area contributed by atoms with Gasteiger partial charge in [-0.2, -0.15) is 4.98 Å². The van der Waals surface area contributed by atoms with Crippen LogP contribution in [0.4, 0.5) is 10.4 Å². The summed E-state index contributed by atoms with van der Waals surface area (Å²) in [5.74, 6) is 3.71. The molecular weight excluding hydrogens is 481 g/mol. The van der Waals surface area contributed by atoms with Gasteiger partial charge in [0, 0.05) is 37.4 Å². The molecule has 0 radical (unpaired) electrons. The Bertz CT molecular complexity index is 1010. The maximum absolute atomic E-state index is 14.7. The smallest absolute Gasteiger partial charge is 0.324 e. The summed E-state index contributed by atoms with van der Waals surface area (Å²) in [7, 11) is 0. The van der Waals surface area contributed by atoms with Gasteiger partial charge in [0.05, 0.1) is 18.5 Å². The first-order valence-electron chi connectivity index (χ1n) is 12.9. The zero-order chi connectivity index (χ0) is 25.7. The summed E-state index contributed by atoms with van der Waals surface area (Å²) in [6.45, 7) is 9.43. The second-order valence-corrected chi connectivity index (χ2v) is 11.3. The Hall–Kier alpha value is -2.33. The lowest BCUT2D eigenvalue weighted by Gasteiger charge is -2.33. The van der Waals surface area contributed by atoms with Crippen LogP contribution in [-0.4, -0.2) is 64.9 Å². The molecule has 0 aliphatic carbocycles. The number of carbonyl (C=O) groups excluding carboxylic acids is 1. The molecule has 0 saturated carbocycles. The largest absolute Gasteiger partial charge is 0.493 e. The Kier molecular flexibility index (Phi) is 9.11. The van der Waals surface area contributed by atoms with Gasteiger partial charge in [0.15, 0.2) is 5.82 Å². The van der Waals surface area contributed by atoms with Crippen LogP contribution in [-0.2, 0) is 11.2 Å². The number of halogens is 1. The number of benzene rings is 1. The number of nitrogens with zero attached hydrogens (tertiary/aromatic N) is 4. The van der Waals surface area contributed by atoms with Crippen LogP contribution in [0, 0.1) is 17.7 Å². The van der Waals surface area contributed by atoms with E-state index < -0.39 is 6.04 Å². The molecule has 2 saturated heterocycles. The van der Waals surface area contributed by atoms with Crippen molar-refractivity contribution >= 4 is 23.7 Å². The van der Waals surface area contributed by atoms with E-state index in [0.29, 0.717) is 48.2 Å². The fourth-order valence-electron chi connectivity index (χ4n) is 4.78. The Labute approximate surface area is 217 Å². The van der Waals surface area contributed by atoms with Crippen molar-refractivity contribution < 1.29 is 18.4 Å². The summed E-state index contributed by atoms with van der Waals surface area (Å²) in [5.41, 5.74) is 6.50. The lowest BCUT2D eigenvalue weighted by atomic mass is 9.84. The number of nitrogens with two attached hydrogens (primary N) is 1. The van der Waals surface area contributed by atoms with Crippen LogP contribution in [0.3, 0.4) is 0 Å². The number of carbonyl (C=O) groups is 1. The summed E-state index contributed by atoms with van der Waals surface area (Å²) in [6, 6.07) is 4.74. The molecule has 2 aliphatic heterocycles. The van der Waals surface area contributed by atoms with Gasteiger partial charge in [0.2, 0.25) is 5.91 Å². The summed E-state index contributed by atoms with van der Waals surface area (Å²) in [6.07, 6.45) is 3.22. The SMILES string of the molecule is CC(C)c1noc(N2CCC(C(C)CCOc3ccc(CC(N)C(=O)N4CCSC4)c(F)c3)CC2)n1. The summed E-state index contributed by atoms with van der Waals surface area (Å²) < 4.78 is 26.0. The number of anilines is 1. The average Bonchev–Trinajstić information content (AvgIpc) is 3.58. The molecule has 198 valence electrons. The molecule has 36 heavy (non-hydrogen) atoms. The van der Waals surface area contributed by atoms with E-state index in [9.17, 15) is 9.18 Å². The predicted molar refractivity (Wildman–Crippen MR) is 140 cm³/mol. The fourth-order valence-corrected chi connectivity index (χ4v) is 5.73. The van der Waals surface area contributed by atoms with E-state index in [4.69, 9.17) is 15.0 Å². The normalized spacial score (nSPS) is 18.6. The van der Waals surface area contributed by atoms with Crippen molar-refractivity contribution in [3.8, 4) is 5.75 Å². The monoisotopic (exact) mass is 519 g/mol. The molecule has 8 nitrogen and oxygen atoms in total. The van der Waals surface area contributed by atoms with Crippen LogP contribution in [0.5, 0.6) is 5.75 Å². The number of ether oxygens (including phenoxy) is 1. The fraction of sp³-hybridized carbons (Fsp3) is 0.654. The highest BCUT2D eigenvalue weighted by Crippen LogP contribution is 2.30. The van der Waals surface area contributed by atoms with Crippen molar-refractivity contribution in [1.82, 2.24) is 15.0 Å². The predicted octanol–water partition coefficient (Wildman–Crippen LogP) is 4.06. The molecule has 2 N–H and O–H groups in total. The molecule has 0 bridgehead atoms. The Balaban J connectivity index is 1.19. The molecule has 3 heterocycles. The molecule has 2 fully saturated rings. The van der Waals surface area contributed by atoms with Crippen molar-refractivity contribution in [2.45, 2.75) is 58.4 Å². The van der Waals surface area contributed by atoms with E-state index in [1.165, 1.54) is 6.07 Å². The molecule has 2 atom stereocenters. The third kappa shape index (κ3) is 6.70. The van der Waals surface area contributed by atoms with Gasteiger partial charge in [-0.3, -0.25) is 4.79 Å². The number of rotatable bonds is 10. The second kappa shape index (κ2) is 12.3. The molecule has 1 aromatic carbocycles. The lowest BCUT2D eigenvalue weighted by molar-refractivity contribution is -0.131. The van der Waals surface area contributed by atoms with Gasteiger partial charge in [0.1, 0.15) is 11.6 Å². The van der Waals surface area contributed by atoms with Gasteiger partial charge >= 0.3 is 6.01 Å². The quantitative estimate of drug-likeness (QED) is 0.502. The number of piperidine rings is 1. The van der Waals surface area contributed by atoms with E-state index in [1.54, 1.807) is 28.8 Å². The Morgan fingerprint density at radius 2 is 2.06 bits per heavy atom. The van der Waals surface area contributed by atoms with Gasteiger partial charge < -0.3 is 24.8 Å². The van der Waals surface area contributed by atoms with Crippen LogP contribution in [0.25, 0.3) is 0 Å². The molecular formula is C26H38FN5O3S. The molecule has 1 aromatic heterocycles. The number of hydrogen-bond donors (Lipinski definition) is 1. The molecule has 2 aromatic rings. The molecule has 4 rings (SSSR count). The zero-order valence-corrected chi connectivity index (χ0v) is 22.3. The summed E-state index contributed by atoms with van der Waals surface area (Å²) in [4.78, 5) is 20.8. The van der Waals surface area contributed by atoms with Gasteiger partial charge in [-0.15, -0.1) is 11.8 Å². The van der Waals surface area contributed by atoms with Crippen molar-refractivity contribution in [2.24, 2.45) is 17.6 Å². The van der Waals surface area contributed by atoms with Crippen molar-refractivity contribution in [1.29, 1.82) is 0 Å². The van der Waals surface area contributed by atoms with Crippen LogP contribution in [0.15, 0.2) is 22.7 Å². The molecule has 2 unspecified atom stereocenters. The van der Waals surface area contributed by atoms with E-state index in [1.807, 2.05) is 0 Å². The number of aromatic nitrogens is 2. The molecule has 0 spiro atoms. The van der Waals surface area contributed by atoms with Crippen LogP contribution in [0.2, 0.25) is 0 Å². The third-order valence-electron chi connectivity index (χ3n) is 7.25. The summed E-state index contributed by atoms with van der Waals surface area (Å²) in [5, 5.41) is 4.07. The van der Waals surface area contributed by atoms with Crippen molar-refractivity contribution in [3.05, 3.63) is 35.4 Å². The average molecular weight is 520 g/mol. The molecule has 1 amide bonds. The zero-order valence-electron chi connectivity index (χ0n) is 21.5. The summed E-state index contributed by atoms with van der Waals surface area (Å²) >= 11 is 1.71. The highest BCUT2D eigenvalue weighted by atomic mass is 32.2. The van der Waals surface area contributed by atoms with E-state index in [2.05, 4.69) is 35.8 Å². The van der Waals surface area contributed by atoms with Gasteiger partial charge in [-0.1, -0.05) is 32.0 Å². The van der Waals surface area contributed by atoms with E-state index in [0.717, 1.165) is 43.9 Å². The molecule has 10 heteroatoms. The standard InChI is InChI=1S/C26H38FN5O3S/c1-17(2)24-29-26(35-30-24)31-9-6-19(7-10-31)18(3)8-12-34-21-5-4-20(22(27)15-21)14-23(28)25(33)32-11-13-36-16-32/h4-5,15,17-19,23H,6-14,16,28H2,1-3H3. The Morgan fingerprint density at radius 3 is 2.69 bits per heavy atom. The van der Waals surface area contributed by atoms with Crippen LogP contribution < -0.4 is 15.4 Å². The lowest BCUT2D eigenvalue weighted by Crippen LogP contribution is -2.43. The van der Waals surface area contributed by atoms with Crippen LogP contribution >= 0.6 is 11.8 Å². The minimum absolute atomic E-state index is 0.114. The van der Waals surface area contributed by atoms with E-state index in [-0.39, 0.29) is 24.1 Å². The number of amides is 1. The first-order valence-corrected chi connectivity index (χ1v) is 14.1. The van der Waals surface area contributed by atoms with Crippen molar-refractivity contribution in [2.75, 3.05) is 42.8 Å². The first-order chi connectivity index (χ1) is 17.3. The minimum Gasteiger partial charge on any atom is -0.493 e. The molecule has 2 aliphatic rings. The first kappa shape index (κ1) is 26.7. The Morgan fingerprint density at radius 1 is 1.28 bits per heavy atom. The number of thioether (sulfide) groups is 1. The van der Waals surface area contributed by atoms with Crippen molar-refractivity contribution in [3.63, 3.8) is 0 Å². The van der Waals surface area contributed by atoms with Gasteiger partial charge in [0.25, 0.3) is 0 Å². The van der Waals surface area contributed by atoms with Gasteiger partial charge in [-0.05, 0) is 49.1 Å². The topological polar surface area (TPSA) is 97.7 Å². The highest BCUT2D eigenvalue weighted by Gasteiger charge is 2.27. The third-order valence-corrected chi connectivity index (χ3v) is 8.22. The maximum Gasteiger partial charge on any atom is 0.324 e. The van der Waals surface area contributed by atoms with Gasteiger partial charge in [-0.25, -0.2) is 4.39 Å². The van der Waals surface area contributed by atoms with Crippen LogP contribution in [0.1, 0.15) is 57.3 Å². The van der Waals surface area contributed by atoms with E-state index >= 15 is 0 Å². The number of hydrogen-bond acceptors (Lipinski definition) is 8. The minimum atomic E-state index is -0.727.